The Balaban J connectivity index is 1.45. The second-order valence-electron chi connectivity index (χ2n) is 10.8. The fraction of sp³-hybridized carbons (Fsp3) is 0.481. The maximum atomic E-state index is 14.0. The number of benzene rings is 1. The van der Waals surface area contributed by atoms with E-state index in [4.69, 9.17) is 9.73 Å². The molecule has 2 N–H and O–H groups in total. The van der Waals surface area contributed by atoms with Crippen LogP contribution in [0.25, 0.3) is 0 Å². The molecule has 1 aliphatic carbocycles. The monoisotopic (exact) mass is 590 g/mol. The van der Waals surface area contributed by atoms with Crippen molar-refractivity contribution >= 4 is 39.1 Å². The molecule has 0 bridgehead atoms. The predicted molar refractivity (Wildman–Crippen MR) is 147 cm³/mol. The number of ether oxygens (including phenoxy) is 1. The van der Waals surface area contributed by atoms with Crippen molar-refractivity contribution in [1.29, 1.82) is 0 Å². The number of methoxy groups -OCH3 is 1. The molecule has 1 aromatic carbocycles. The van der Waals surface area contributed by atoms with Gasteiger partial charge in [0.1, 0.15) is 11.9 Å². The Morgan fingerprint density at radius 3 is 2.52 bits per heavy atom. The van der Waals surface area contributed by atoms with Gasteiger partial charge in [-0.3, -0.25) is 9.79 Å². The summed E-state index contributed by atoms with van der Waals surface area (Å²) in [5.41, 5.74) is 1.17. The van der Waals surface area contributed by atoms with Gasteiger partial charge in [0, 0.05) is 36.3 Å². The summed E-state index contributed by atoms with van der Waals surface area (Å²) in [6, 6.07) is 3.57. The summed E-state index contributed by atoms with van der Waals surface area (Å²) < 4.78 is 47.1. The maximum Gasteiger partial charge on any atom is 0.338 e. The van der Waals surface area contributed by atoms with Crippen LogP contribution >= 0.6 is 11.3 Å². The van der Waals surface area contributed by atoms with Gasteiger partial charge in [0.25, 0.3) is 0 Å². The topological polar surface area (TPSA) is 138 Å². The second kappa shape index (κ2) is 10.7. The van der Waals surface area contributed by atoms with Crippen LogP contribution in [0.5, 0.6) is 0 Å². The number of halogens is 1. The maximum absolute atomic E-state index is 14.0. The van der Waals surface area contributed by atoms with Gasteiger partial charge in [0.05, 0.1) is 23.3 Å². The summed E-state index contributed by atoms with van der Waals surface area (Å²) in [6.07, 6.45) is 2.71. The minimum absolute atomic E-state index is 0.0934. The van der Waals surface area contributed by atoms with Gasteiger partial charge in [-0.05, 0) is 62.8 Å². The summed E-state index contributed by atoms with van der Waals surface area (Å²) >= 11 is 1.38. The number of rotatable bonds is 7. The van der Waals surface area contributed by atoms with Gasteiger partial charge in [-0.1, -0.05) is 6.07 Å². The van der Waals surface area contributed by atoms with E-state index in [9.17, 15) is 27.5 Å². The van der Waals surface area contributed by atoms with Crippen LogP contribution in [-0.2, 0) is 24.3 Å². The predicted octanol–water partition coefficient (Wildman–Crippen LogP) is 3.40. The van der Waals surface area contributed by atoms with Crippen LogP contribution in [0.2, 0.25) is 0 Å². The highest BCUT2D eigenvalue weighted by Crippen LogP contribution is 2.46. The molecule has 10 nitrogen and oxygen atoms in total. The summed E-state index contributed by atoms with van der Waals surface area (Å²) in [5.74, 6) is -1.68. The Kier molecular flexibility index (Phi) is 7.57. The lowest BCUT2D eigenvalue weighted by atomic mass is 9.70. The molecule has 3 heterocycles. The number of carboxylic acids is 1. The number of thiazole rings is 1. The van der Waals surface area contributed by atoms with E-state index in [1.165, 1.54) is 34.9 Å². The minimum Gasteiger partial charge on any atom is -0.481 e. The Labute approximate surface area is 236 Å². The third-order valence-corrected chi connectivity index (χ3v) is 11.2. The third kappa shape index (κ3) is 5.06. The molecule has 214 valence electrons. The number of sulfonamides is 1. The van der Waals surface area contributed by atoms with Crippen molar-refractivity contribution in [3.63, 3.8) is 0 Å². The number of allylic oxidation sites excluding steroid dienone is 1. The number of amidine groups is 1. The lowest BCUT2D eigenvalue weighted by molar-refractivity contribution is -0.152. The van der Waals surface area contributed by atoms with Gasteiger partial charge in [-0.25, -0.2) is 26.9 Å². The van der Waals surface area contributed by atoms with Crippen LogP contribution in [0, 0.1) is 24.1 Å². The van der Waals surface area contributed by atoms with Gasteiger partial charge >= 0.3 is 11.9 Å². The van der Waals surface area contributed by atoms with E-state index in [1.54, 1.807) is 26.1 Å². The zero-order chi connectivity index (χ0) is 28.8. The molecule has 1 saturated carbocycles. The number of aromatic nitrogens is 1. The van der Waals surface area contributed by atoms with Crippen molar-refractivity contribution in [2.45, 2.75) is 50.8 Å². The number of aryl methyl sites for hydroxylation is 1. The number of hydrogen-bond donors (Lipinski definition) is 2. The van der Waals surface area contributed by atoms with Gasteiger partial charge in [0.15, 0.2) is 10.8 Å². The molecule has 0 radical (unpaired) electrons. The molecular weight excluding hydrogens is 559 g/mol. The van der Waals surface area contributed by atoms with Crippen LogP contribution < -0.4 is 5.32 Å². The molecule has 1 unspecified atom stereocenters. The zero-order valence-corrected chi connectivity index (χ0v) is 24.0. The summed E-state index contributed by atoms with van der Waals surface area (Å²) in [4.78, 5) is 33.9. The van der Waals surface area contributed by atoms with E-state index in [0.717, 1.165) is 0 Å². The van der Waals surface area contributed by atoms with Gasteiger partial charge in [-0.15, -0.1) is 11.3 Å². The number of carboxylic acid groups (broad SMARTS) is 1. The van der Waals surface area contributed by atoms with Crippen LogP contribution in [0.1, 0.15) is 54.8 Å². The molecule has 0 amide bonds. The molecule has 1 aromatic heterocycles. The fourth-order valence-corrected chi connectivity index (χ4v) is 8.67. The molecule has 2 fully saturated rings. The Hall–Kier alpha value is -3.16. The quantitative estimate of drug-likeness (QED) is 0.468. The number of aliphatic carboxylic acids is 1. The highest BCUT2D eigenvalue weighted by atomic mass is 32.2. The molecule has 2 aliphatic heterocycles. The first-order valence-electron chi connectivity index (χ1n) is 13.0. The first kappa shape index (κ1) is 28.4. The standard InChI is InChI=1S/C27H31FN4O6S2/c1-15-12-17(28)4-5-19(15)22-20(25(33)38-3)21(30-23(31-22)24-29-8-11-39-24)16-6-9-32(10-7-16)40(36,37)18-13-27(2,14-18)26(34)35/h4-5,8,11-12,16,18,22H,6-7,9-10,13-14H2,1-3H3,(H,30,31)(H,34,35)/t18-,22?,27+. The molecule has 13 heteroatoms. The van der Waals surface area contributed by atoms with Crippen molar-refractivity contribution in [3.05, 3.63) is 63.0 Å². The fourth-order valence-electron chi connectivity index (χ4n) is 5.78. The largest absolute Gasteiger partial charge is 0.481 e. The van der Waals surface area contributed by atoms with Crippen molar-refractivity contribution in [2.24, 2.45) is 16.3 Å². The van der Waals surface area contributed by atoms with Crippen LogP contribution in [-0.4, -0.2) is 66.0 Å². The number of nitrogens with one attached hydrogen (secondary N) is 1. The van der Waals surface area contributed by atoms with E-state index >= 15 is 0 Å². The third-order valence-electron chi connectivity index (χ3n) is 8.16. The second-order valence-corrected chi connectivity index (χ2v) is 13.9. The van der Waals surface area contributed by atoms with Crippen molar-refractivity contribution in [3.8, 4) is 0 Å². The Bertz CT molecular complexity index is 1490. The first-order chi connectivity index (χ1) is 18.9. The Morgan fingerprint density at radius 2 is 1.95 bits per heavy atom. The summed E-state index contributed by atoms with van der Waals surface area (Å²) in [6.45, 7) is 3.80. The molecule has 1 saturated heterocycles. The van der Waals surface area contributed by atoms with Gasteiger partial charge in [-0.2, -0.15) is 0 Å². The van der Waals surface area contributed by atoms with E-state index in [0.29, 0.717) is 46.1 Å². The number of carbonyl (C=O) groups excluding carboxylic acids is 1. The van der Waals surface area contributed by atoms with Gasteiger partial charge < -0.3 is 15.2 Å². The normalized spacial score (nSPS) is 26.1. The zero-order valence-electron chi connectivity index (χ0n) is 22.4. The highest BCUT2D eigenvalue weighted by Gasteiger charge is 2.53. The SMILES string of the molecule is COC(=O)C1=C(C2CCN(S(=O)(=O)[C@H]3C[C@@](C)(C(=O)O)C3)CC2)NC(c2nccs2)=NC1c1ccc(F)cc1C. The van der Waals surface area contributed by atoms with Crippen molar-refractivity contribution < 1.29 is 32.2 Å². The lowest BCUT2D eigenvalue weighted by Crippen LogP contribution is -2.54. The molecule has 0 spiro atoms. The van der Waals surface area contributed by atoms with Crippen LogP contribution in [0.3, 0.4) is 0 Å². The van der Waals surface area contributed by atoms with E-state index in [1.807, 2.05) is 5.38 Å². The van der Waals surface area contributed by atoms with E-state index in [2.05, 4.69) is 10.3 Å². The molecule has 5 rings (SSSR count). The number of esters is 1. The summed E-state index contributed by atoms with van der Waals surface area (Å²) in [5, 5.41) is 14.4. The number of hydrogen-bond acceptors (Lipinski definition) is 9. The molecule has 40 heavy (non-hydrogen) atoms. The molecule has 3 aliphatic rings. The number of aliphatic imine (C=N–C) groups is 1. The Morgan fingerprint density at radius 1 is 1.25 bits per heavy atom. The molecule has 2 aromatic rings. The van der Waals surface area contributed by atoms with E-state index in [-0.39, 0.29) is 31.8 Å². The van der Waals surface area contributed by atoms with Crippen LogP contribution in [0.15, 0.2) is 46.0 Å². The summed E-state index contributed by atoms with van der Waals surface area (Å²) in [7, 11) is -2.36. The average molecular weight is 591 g/mol. The number of piperidine rings is 1. The van der Waals surface area contributed by atoms with Crippen LogP contribution in [0.4, 0.5) is 4.39 Å². The first-order valence-corrected chi connectivity index (χ1v) is 15.4. The molecular formula is C27H31FN4O6S2. The van der Waals surface area contributed by atoms with Gasteiger partial charge in [0.2, 0.25) is 10.0 Å². The van der Waals surface area contributed by atoms with E-state index < -0.39 is 44.5 Å². The molecule has 1 atom stereocenters. The lowest BCUT2D eigenvalue weighted by Gasteiger charge is -2.44. The average Bonchev–Trinajstić information content (AvgIpc) is 3.45. The smallest absolute Gasteiger partial charge is 0.338 e. The number of nitrogens with zero attached hydrogens (tertiary/aromatic N) is 3. The highest BCUT2D eigenvalue weighted by molar-refractivity contribution is 7.89. The number of carbonyl (C=O) groups is 2. The minimum atomic E-state index is -3.65. The van der Waals surface area contributed by atoms with Crippen molar-refractivity contribution in [2.75, 3.05) is 20.2 Å². The van der Waals surface area contributed by atoms with Crippen molar-refractivity contribution in [1.82, 2.24) is 14.6 Å².